The van der Waals surface area contributed by atoms with Gasteiger partial charge in [0.15, 0.2) is 0 Å². The van der Waals surface area contributed by atoms with Crippen molar-refractivity contribution in [3.8, 4) is 0 Å². The summed E-state index contributed by atoms with van der Waals surface area (Å²) in [6.45, 7) is 8.05. The second-order valence-corrected chi connectivity index (χ2v) is 7.42. The summed E-state index contributed by atoms with van der Waals surface area (Å²) in [6, 6.07) is 6.73. The molecule has 1 heterocycles. The van der Waals surface area contributed by atoms with E-state index in [0.29, 0.717) is 5.54 Å². The molecule has 1 aliphatic carbocycles. The lowest BCUT2D eigenvalue weighted by Crippen LogP contribution is -2.50. The fourth-order valence-electron chi connectivity index (χ4n) is 3.85. The Morgan fingerprint density at radius 1 is 1.16 bits per heavy atom. The Morgan fingerprint density at radius 3 is 2.47 bits per heavy atom. The summed E-state index contributed by atoms with van der Waals surface area (Å²) in [7, 11) is 2.26. The first-order valence-electron chi connectivity index (χ1n) is 7.54. The third-order valence-corrected chi connectivity index (χ3v) is 4.73. The molecule has 1 N–H and O–H groups in total. The Labute approximate surface area is 117 Å². The smallest absolute Gasteiger partial charge is 0.0638 e. The minimum absolute atomic E-state index is 0.196. The Kier molecular flexibility index (Phi) is 2.81. The molecular weight excluding hydrogens is 232 g/mol. The fourth-order valence-corrected chi connectivity index (χ4v) is 3.85. The number of hydrogen-bond acceptors (Lipinski definition) is 2. The standard InChI is InChI=1S/C17H26N2/c1-16(2,3)13-8-7-9-14-15(13)19(4)12-17(18-14)10-5-6-11-17/h7-9,18H,5-6,10-12H2,1-4H3. The van der Waals surface area contributed by atoms with E-state index in [1.165, 1.54) is 42.6 Å². The molecule has 1 saturated carbocycles. The molecule has 1 fully saturated rings. The largest absolute Gasteiger partial charge is 0.376 e. The lowest BCUT2D eigenvalue weighted by molar-refractivity contribution is 0.468. The molecular formula is C17H26N2. The van der Waals surface area contributed by atoms with Crippen molar-refractivity contribution >= 4 is 11.4 Å². The summed E-state index contributed by atoms with van der Waals surface area (Å²) in [5.41, 5.74) is 4.73. The maximum Gasteiger partial charge on any atom is 0.0638 e. The second kappa shape index (κ2) is 4.16. The molecule has 0 saturated heterocycles. The first-order valence-corrected chi connectivity index (χ1v) is 7.54. The zero-order valence-electron chi connectivity index (χ0n) is 12.7. The number of nitrogens with zero attached hydrogens (tertiary/aromatic N) is 1. The van der Waals surface area contributed by atoms with E-state index in [4.69, 9.17) is 0 Å². The Morgan fingerprint density at radius 2 is 1.84 bits per heavy atom. The van der Waals surface area contributed by atoms with Gasteiger partial charge in [-0.05, 0) is 29.9 Å². The molecule has 2 aliphatic rings. The molecule has 2 heteroatoms. The van der Waals surface area contributed by atoms with Gasteiger partial charge < -0.3 is 10.2 Å². The molecule has 1 aromatic carbocycles. The molecule has 104 valence electrons. The predicted octanol–water partition coefficient (Wildman–Crippen LogP) is 4.16. The molecule has 1 aromatic rings. The van der Waals surface area contributed by atoms with Gasteiger partial charge >= 0.3 is 0 Å². The van der Waals surface area contributed by atoms with Crippen molar-refractivity contribution in [2.24, 2.45) is 0 Å². The normalized spacial score (nSPS) is 21.4. The van der Waals surface area contributed by atoms with Crippen LogP contribution in [0.15, 0.2) is 18.2 Å². The summed E-state index contributed by atoms with van der Waals surface area (Å²) in [4.78, 5) is 2.48. The van der Waals surface area contributed by atoms with Crippen LogP contribution >= 0.6 is 0 Å². The summed E-state index contributed by atoms with van der Waals surface area (Å²) in [6.07, 6.45) is 5.37. The van der Waals surface area contributed by atoms with Crippen molar-refractivity contribution < 1.29 is 0 Å². The van der Waals surface area contributed by atoms with Gasteiger partial charge in [0.25, 0.3) is 0 Å². The zero-order chi connectivity index (χ0) is 13.7. The minimum atomic E-state index is 0.196. The third-order valence-electron chi connectivity index (χ3n) is 4.73. The number of para-hydroxylation sites is 1. The molecule has 3 rings (SSSR count). The topological polar surface area (TPSA) is 15.3 Å². The van der Waals surface area contributed by atoms with Gasteiger partial charge in [-0.1, -0.05) is 45.7 Å². The molecule has 1 aliphatic heterocycles. The fraction of sp³-hybridized carbons (Fsp3) is 0.647. The number of anilines is 2. The summed E-state index contributed by atoms with van der Waals surface area (Å²) in [5, 5.41) is 3.87. The monoisotopic (exact) mass is 258 g/mol. The van der Waals surface area contributed by atoms with Gasteiger partial charge in [-0.3, -0.25) is 0 Å². The van der Waals surface area contributed by atoms with Crippen LogP contribution < -0.4 is 10.2 Å². The van der Waals surface area contributed by atoms with Gasteiger partial charge in [0.2, 0.25) is 0 Å². The van der Waals surface area contributed by atoms with Gasteiger partial charge in [-0.25, -0.2) is 0 Å². The van der Waals surface area contributed by atoms with Crippen LogP contribution in [0.3, 0.4) is 0 Å². The molecule has 2 nitrogen and oxygen atoms in total. The average Bonchev–Trinajstić information content (AvgIpc) is 2.75. The Bertz CT molecular complexity index is 479. The van der Waals surface area contributed by atoms with Gasteiger partial charge in [-0.15, -0.1) is 0 Å². The van der Waals surface area contributed by atoms with Crippen LogP contribution in [0, 0.1) is 0 Å². The number of nitrogens with one attached hydrogen (secondary N) is 1. The maximum absolute atomic E-state index is 3.87. The number of hydrogen-bond donors (Lipinski definition) is 1. The third kappa shape index (κ3) is 2.11. The number of rotatable bonds is 0. The van der Waals surface area contributed by atoms with E-state index in [1.807, 2.05) is 0 Å². The van der Waals surface area contributed by atoms with Crippen LogP contribution in [-0.2, 0) is 5.41 Å². The van der Waals surface area contributed by atoms with Crippen molar-refractivity contribution in [2.45, 2.75) is 57.4 Å². The van der Waals surface area contributed by atoms with Crippen molar-refractivity contribution in [3.05, 3.63) is 23.8 Å². The Hall–Kier alpha value is -1.18. The van der Waals surface area contributed by atoms with E-state index in [9.17, 15) is 0 Å². The molecule has 0 atom stereocenters. The molecule has 1 spiro atoms. The molecule has 0 bridgehead atoms. The molecule has 0 unspecified atom stereocenters. The van der Waals surface area contributed by atoms with Crippen molar-refractivity contribution in [1.29, 1.82) is 0 Å². The van der Waals surface area contributed by atoms with Crippen molar-refractivity contribution in [1.82, 2.24) is 0 Å². The first kappa shape index (κ1) is 12.8. The first-order chi connectivity index (χ1) is 8.91. The highest BCUT2D eigenvalue weighted by atomic mass is 15.2. The molecule has 0 radical (unpaired) electrons. The van der Waals surface area contributed by atoms with Crippen LogP contribution in [0.5, 0.6) is 0 Å². The second-order valence-electron chi connectivity index (χ2n) is 7.42. The highest BCUT2D eigenvalue weighted by Crippen LogP contribution is 2.45. The van der Waals surface area contributed by atoms with E-state index < -0.39 is 0 Å². The van der Waals surface area contributed by atoms with Crippen molar-refractivity contribution in [3.63, 3.8) is 0 Å². The summed E-state index contributed by atoms with van der Waals surface area (Å²) in [5.74, 6) is 0. The van der Waals surface area contributed by atoms with Crippen molar-refractivity contribution in [2.75, 3.05) is 23.8 Å². The average molecular weight is 258 g/mol. The highest BCUT2D eigenvalue weighted by molar-refractivity contribution is 5.78. The quantitative estimate of drug-likeness (QED) is 0.751. The van der Waals surface area contributed by atoms with Crippen LogP contribution in [0.2, 0.25) is 0 Å². The van der Waals surface area contributed by atoms with Gasteiger partial charge in [0.05, 0.1) is 16.9 Å². The summed E-state index contributed by atoms with van der Waals surface area (Å²) >= 11 is 0. The number of fused-ring (bicyclic) bond motifs is 1. The lowest BCUT2D eigenvalue weighted by atomic mass is 9.83. The predicted molar refractivity (Wildman–Crippen MR) is 83.2 cm³/mol. The summed E-state index contributed by atoms with van der Waals surface area (Å²) < 4.78 is 0. The molecule has 19 heavy (non-hydrogen) atoms. The van der Waals surface area contributed by atoms with Crippen LogP contribution in [-0.4, -0.2) is 19.1 Å². The lowest BCUT2D eigenvalue weighted by Gasteiger charge is -2.44. The molecule has 0 amide bonds. The maximum atomic E-state index is 3.87. The van der Waals surface area contributed by atoms with Crippen LogP contribution in [0.1, 0.15) is 52.0 Å². The van der Waals surface area contributed by atoms with Crippen LogP contribution in [0.25, 0.3) is 0 Å². The van der Waals surface area contributed by atoms with Gasteiger partial charge in [0.1, 0.15) is 0 Å². The van der Waals surface area contributed by atoms with Gasteiger partial charge in [-0.2, -0.15) is 0 Å². The SMILES string of the molecule is CN1CC2(CCCC2)Nc2cccc(C(C)(C)C)c21. The van der Waals surface area contributed by atoms with E-state index in [0.717, 1.165) is 6.54 Å². The van der Waals surface area contributed by atoms with E-state index >= 15 is 0 Å². The minimum Gasteiger partial charge on any atom is -0.376 e. The molecule has 0 aromatic heterocycles. The number of likely N-dealkylation sites (N-methyl/N-ethyl adjacent to an activating group) is 1. The zero-order valence-corrected chi connectivity index (χ0v) is 12.7. The van der Waals surface area contributed by atoms with Gasteiger partial charge in [0, 0.05) is 13.6 Å². The van der Waals surface area contributed by atoms with E-state index in [-0.39, 0.29) is 5.41 Å². The van der Waals surface area contributed by atoms with E-state index in [1.54, 1.807) is 0 Å². The van der Waals surface area contributed by atoms with Crippen LogP contribution in [0.4, 0.5) is 11.4 Å². The van der Waals surface area contributed by atoms with E-state index in [2.05, 4.69) is 56.2 Å². The Balaban J connectivity index is 2.06. The highest BCUT2D eigenvalue weighted by Gasteiger charge is 2.40. The number of benzene rings is 1.